The molecule has 0 aliphatic heterocycles. The number of nitrogens with one attached hydrogen (secondary N) is 1. The molecule has 0 spiro atoms. The number of rotatable bonds is 4. The van der Waals surface area contributed by atoms with Crippen LogP contribution in [-0.4, -0.2) is 0 Å². The van der Waals surface area contributed by atoms with Crippen molar-refractivity contribution in [3.05, 3.63) is 64.7 Å². The monoisotopic (exact) mass is 251 g/mol. The average molecular weight is 251 g/mol. The quantitative estimate of drug-likeness (QED) is 0.823. The minimum absolute atomic E-state index is 0.817. The van der Waals surface area contributed by atoms with Gasteiger partial charge in [0.15, 0.2) is 0 Å². The number of aryl methyl sites for hydroxylation is 2. The van der Waals surface area contributed by atoms with Crippen LogP contribution in [0.15, 0.2) is 42.5 Å². The third kappa shape index (κ3) is 2.81. The van der Waals surface area contributed by atoms with Gasteiger partial charge in [0.2, 0.25) is 0 Å². The van der Waals surface area contributed by atoms with Gasteiger partial charge in [0, 0.05) is 12.2 Å². The lowest BCUT2D eigenvalue weighted by atomic mass is 10.0. The van der Waals surface area contributed by atoms with Crippen molar-refractivity contribution < 1.29 is 0 Å². The van der Waals surface area contributed by atoms with Crippen molar-refractivity contribution in [2.24, 2.45) is 0 Å². The lowest BCUT2D eigenvalue weighted by molar-refractivity contribution is 1.03. The second-order valence-electron chi connectivity index (χ2n) is 5.65. The van der Waals surface area contributed by atoms with E-state index in [1.807, 2.05) is 0 Å². The third-order valence-corrected chi connectivity index (χ3v) is 3.92. The van der Waals surface area contributed by atoms with Gasteiger partial charge >= 0.3 is 0 Å². The summed E-state index contributed by atoms with van der Waals surface area (Å²) in [5.41, 5.74) is 6.88. The zero-order valence-corrected chi connectivity index (χ0v) is 11.7. The van der Waals surface area contributed by atoms with Crippen molar-refractivity contribution in [3.8, 4) is 0 Å². The maximum absolute atomic E-state index is 3.58. The molecule has 1 aliphatic rings. The van der Waals surface area contributed by atoms with Gasteiger partial charge in [-0.2, -0.15) is 0 Å². The Morgan fingerprint density at radius 3 is 2.58 bits per heavy atom. The molecule has 3 rings (SSSR count). The highest BCUT2D eigenvalue weighted by molar-refractivity contribution is 5.52. The van der Waals surface area contributed by atoms with E-state index in [1.165, 1.54) is 35.2 Å². The molecule has 1 heteroatoms. The smallest absolute Gasteiger partial charge is 0.0403 e. The molecule has 1 N–H and O–H groups in total. The number of anilines is 1. The van der Waals surface area contributed by atoms with E-state index in [4.69, 9.17) is 0 Å². The average Bonchev–Trinajstić information content (AvgIpc) is 3.22. The molecule has 0 aromatic heterocycles. The van der Waals surface area contributed by atoms with Gasteiger partial charge in [-0.05, 0) is 55.4 Å². The van der Waals surface area contributed by atoms with Crippen molar-refractivity contribution in [1.29, 1.82) is 0 Å². The summed E-state index contributed by atoms with van der Waals surface area (Å²) in [6.07, 6.45) is 2.72. The Kier molecular flexibility index (Phi) is 3.29. The van der Waals surface area contributed by atoms with Crippen LogP contribution in [0.1, 0.15) is 41.0 Å². The summed E-state index contributed by atoms with van der Waals surface area (Å²) in [6.45, 7) is 5.23. The van der Waals surface area contributed by atoms with Crippen LogP contribution in [0.3, 0.4) is 0 Å². The predicted molar refractivity (Wildman–Crippen MR) is 81.7 cm³/mol. The zero-order valence-electron chi connectivity index (χ0n) is 11.7. The fraction of sp³-hybridized carbons (Fsp3) is 0.333. The van der Waals surface area contributed by atoms with E-state index in [-0.39, 0.29) is 0 Å². The molecule has 1 nitrogen and oxygen atoms in total. The number of hydrogen-bond donors (Lipinski definition) is 1. The van der Waals surface area contributed by atoms with E-state index >= 15 is 0 Å². The molecule has 0 bridgehead atoms. The maximum atomic E-state index is 3.58. The van der Waals surface area contributed by atoms with E-state index in [1.54, 1.807) is 5.56 Å². The summed E-state index contributed by atoms with van der Waals surface area (Å²) in [4.78, 5) is 0. The van der Waals surface area contributed by atoms with Crippen LogP contribution >= 0.6 is 0 Å². The Balaban J connectivity index is 1.75. The Labute approximate surface area is 115 Å². The topological polar surface area (TPSA) is 12.0 Å². The van der Waals surface area contributed by atoms with Gasteiger partial charge in [0.1, 0.15) is 0 Å². The van der Waals surface area contributed by atoms with Crippen molar-refractivity contribution in [2.45, 2.75) is 39.2 Å². The van der Waals surface area contributed by atoms with E-state index in [0.29, 0.717) is 0 Å². The Hall–Kier alpha value is -1.76. The molecular formula is C18H21N. The molecular weight excluding hydrogens is 230 g/mol. The van der Waals surface area contributed by atoms with Gasteiger partial charge in [-0.15, -0.1) is 0 Å². The second kappa shape index (κ2) is 5.08. The van der Waals surface area contributed by atoms with Gasteiger partial charge in [-0.3, -0.25) is 0 Å². The minimum atomic E-state index is 0.817. The molecule has 2 aromatic carbocycles. The Morgan fingerprint density at radius 1 is 1.05 bits per heavy atom. The summed E-state index contributed by atoms with van der Waals surface area (Å²) in [7, 11) is 0. The first-order valence-corrected chi connectivity index (χ1v) is 7.13. The molecule has 0 amide bonds. The van der Waals surface area contributed by atoms with E-state index in [2.05, 4.69) is 61.6 Å². The Morgan fingerprint density at radius 2 is 1.84 bits per heavy atom. The molecule has 0 unspecified atom stereocenters. The molecule has 0 radical (unpaired) electrons. The zero-order chi connectivity index (χ0) is 13.2. The highest BCUT2D eigenvalue weighted by atomic mass is 14.9. The maximum Gasteiger partial charge on any atom is 0.0403 e. The van der Waals surface area contributed by atoms with Crippen LogP contribution in [0, 0.1) is 13.8 Å². The highest BCUT2D eigenvalue weighted by Gasteiger charge is 2.25. The van der Waals surface area contributed by atoms with Gasteiger partial charge in [-0.25, -0.2) is 0 Å². The fourth-order valence-electron chi connectivity index (χ4n) is 2.69. The molecule has 0 saturated heterocycles. The normalized spacial score (nSPS) is 14.4. The fourth-order valence-corrected chi connectivity index (χ4v) is 2.69. The summed E-state index contributed by atoms with van der Waals surface area (Å²) >= 11 is 0. The van der Waals surface area contributed by atoms with Crippen LogP contribution in [-0.2, 0) is 6.54 Å². The minimum Gasteiger partial charge on any atom is -0.381 e. The summed E-state index contributed by atoms with van der Waals surface area (Å²) in [5, 5.41) is 3.58. The first-order valence-electron chi connectivity index (χ1n) is 7.13. The summed E-state index contributed by atoms with van der Waals surface area (Å²) < 4.78 is 0. The largest absolute Gasteiger partial charge is 0.381 e. The van der Waals surface area contributed by atoms with E-state index in [9.17, 15) is 0 Å². The van der Waals surface area contributed by atoms with E-state index in [0.717, 1.165) is 12.5 Å². The van der Waals surface area contributed by atoms with Crippen LogP contribution in [0.5, 0.6) is 0 Å². The van der Waals surface area contributed by atoms with Crippen LogP contribution < -0.4 is 5.32 Å². The number of benzene rings is 2. The molecule has 0 heterocycles. The summed E-state index contributed by atoms with van der Waals surface area (Å²) in [6, 6.07) is 15.4. The van der Waals surface area contributed by atoms with Gasteiger partial charge < -0.3 is 5.32 Å². The second-order valence-corrected chi connectivity index (χ2v) is 5.65. The molecule has 1 saturated carbocycles. The predicted octanol–water partition coefficient (Wildman–Crippen LogP) is 4.79. The van der Waals surface area contributed by atoms with Crippen LogP contribution in [0.4, 0.5) is 5.69 Å². The molecule has 1 aliphatic carbocycles. The van der Waals surface area contributed by atoms with Crippen molar-refractivity contribution in [2.75, 3.05) is 5.32 Å². The highest BCUT2D eigenvalue weighted by Crippen LogP contribution is 2.41. The molecule has 1 fully saturated rings. The lowest BCUT2D eigenvalue weighted by Crippen LogP contribution is -2.03. The first-order chi connectivity index (χ1) is 9.24. The molecule has 0 atom stereocenters. The van der Waals surface area contributed by atoms with Crippen molar-refractivity contribution in [3.63, 3.8) is 0 Å². The molecule has 19 heavy (non-hydrogen) atoms. The third-order valence-electron chi connectivity index (χ3n) is 3.92. The van der Waals surface area contributed by atoms with E-state index < -0.39 is 0 Å². The van der Waals surface area contributed by atoms with Gasteiger partial charge in [0.05, 0.1) is 0 Å². The van der Waals surface area contributed by atoms with Crippen LogP contribution in [0.2, 0.25) is 0 Å². The standard InChI is InChI=1S/C18H21N/c1-13-7-10-18(14(2)11-13)19-12-16-5-3-4-6-17(16)15-8-9-15/h3-7,10-11,15,19H,8-9,12H2,1-2H3. The molecule has 98 valence electrons. The number of hydrogen-bond acceptors (Lipinski definition) is 1. The summed E-state index contributed by atoms with van der Waals surface area (Å²) in [5.74, 6) is 0.817. The van der Waals surface area contributed by atoms with Gasteiger partial charge in [-0.1, -0.05) is 42.0 Å². The Bertz CT molecular complexity index is 582. The van der Waals surface area contributed by atoms with Crippen molar-refractivity contribution >= 4 is 5.69 Å². The molecule has 2 aromatic rings. The van der Waals surface area contributed by atoms with Crippen LogP contribution in [0.25, 0.3) is 0 Å². The SMILES string of the molecule is Cc1ccc(NCc2ccccc2C2CC2)c(C)c1. The first kappa shape index (κ1) is 12.3. The lowest BCUT2D eigenvalue weighted by Gasteiger charge is -2.13. The van der Waals surface area contributed by atoms with Crippen molar-refractivity contribution in [1.82, 2.24) is 0 Å². The van der Waals surface area contributed by atoms with Gasteiger partial charge in [0.25, 0.3) is 0 Å².